The lowest BCUT2D eigenvalue weighted by molar-refractivity contribution is -0.115. The van der Waals surface area contributed by atoms with Gasteiger partial charge in [0.05, 0.1) is 10.9 Å². The van der Waals surface area contributed by atoms with Crippen LogP contribution in [0.25, 0.3) is 0 Å². The second-order valence-corrected chi connectivity index (χ2v) is 7.58. The fraction of sp³-hybridized carbons (Fsp3) is 0.571. The molecule has 3 rings (SSSR count). The number of thiazole rings is 1. The van der Waals surface area contributed by atoms with Crippen molar-refractivity contribution in [3.8, 4) is 0 Å². The van der Waals surface area contributed by atoms with Crippen LogP contribution in [-0.4, -0.2) is 30.9 Å². The molecule has 8 heteroatoms. The number of thioether (sulfide) groups is 1. The van der Waals surface area contributed by atoms with Gasteiger partial charge in [-0.1, -0.05) is 18.7 Å². The smallest absolute Gasteiger partial charge is 0.239 e. The molecule has 0 bridgehead atoms. The van der Waals surface area contributed by atoms with Gasteiger partial charge in [-0.05, 0) is 32.1 Å². The standard InChI is InChI=1S/C14H19N5OS2/c1-3-10(22-14-18-15-8-19(14)2)12(20)17-13-16-9-6-4-5-7-11(9)21-13/h8,10H,3-7H2,1-2H3,(H,16,17,20)/t10-/m1/s1. The molecule has 2 aromatic rings. The van der Waals surface area contributed by atoms with Gasteiger partial charge >= 0.3 is 0 Å². The highest BCUT2D eigenvalue weighted by Gasteiger charge is 2.22. The number of anilines is 1. The first kappa shape index (κ1) is 15.5. The summed E-state index contributed by atoms with van der Waals surface area (Å²) >= 11 is 3.06. The highest BCUT2D eigenvalue weighted by Crippen LogP contribution is 2.30. The molecule has 1 atom stereocenters. The van der Waals surface area contributed by atoms with E-state index in [-0.39, 0.29) is 11.2 Å². The summed E-state index contributed by atoms with van der Waals surface area (Å²) < 4.78 is 1.82. The molecule has 2 heterocycles. The van der Waals surface area contributed by atoms with Crippen LogP contribution in [-0.2, 0) is 24.7 Å². The van der Waals surface area contributed by atoms with Crippen molar-refractivity contribution >= 4 is 34.1 Å². The lowest BCUT2D eigenvalue weighted by Crippen LogP contribution is -2.25. The summed E-state index contributed by atoms with van der Waals surface area (Å²) in [4.78, 5) is 18.4. The van der Waals surface area contributed by atoms with E-state index in [0.29, 0.717) is 0 Å². The first-order chi connectivity index (χ1) is 10.7. The van der Waals surface area contributed by atoms with E-state index in [1.54, 1.807) is 17.7 Å². The topological polar surface area (TPSA) is 72.7 Å². The Bertz CT molecular complexity index is 642. The summed E-state index contributed by atoms with van der Waals surface area (Å²) in [6.07, 6.45) is 6.92. The number of aryl methyl sites for hydroxylation is 3. The summed E-state index contributed by atoms with van der Waals surface area (Å²) in [5, 5.41) is 12.1. The van der Waals surface area contributed by atoms with Crippen LogP contribution in [0.5, 0.6) is 0 Å². The maximum absolute atomic E-state index is 12.5. The lowest BCUT2D eigenvalue weighted by atomic mass is 10.0. The molecule has 2 aromatic heterocycles. The van der Waals surface area contributed by atoms with Crippen molar-refractivity contribution in [1.29, 1.82) is 0 Å². The molecule has 0 radical (unpaired) electrons. The van der Waals surface area contributed by atoms with Gasteiger partial charge in [-0.15, -0.1) is 21.5 Å². The van der Waals surface area contributed by atoms with Crippen LogP contribution < -0.4 is 5.32 Å². The number of carbonyl (C=O) groups is 1. The Labute approximate surface area is 137 Å². The third-order valence-corrected chi connectivity index (χ3v) is 6.14. The van der Waals surface area contributed by atoms with Crippen LogP contribution in [0, 0.1) is 0 Å². The van der Waals surface area contributed by atoms with Gasteiger partial charge in [0, 0.05) is 11.9 Å². The highest BCUT2D eigenvalue weighted by molar-refractivity contribution is 8.00. The number of hydrogen-bond donors (Lipinski definition) is 1. The van der Waals surface area contributed by atoms with Gasteiger partial charge < -0.3 is 9.88 Å². The van der Waals surface area contributed by atoms with Crippen LogP contribution in [0.4, 0.5) is 5.13 Å². The summed E-state index contributed by atoms with van der Waals surface area (Å²) in [6.45, 7) is 2.00. The summed E-state index contributed by atoms with van der Waals surface area (Å²) in [6, 6.07) is 0. The van der Waals surface area contributed by atoms with Crippen molar-refractivity contribution in [2.75, 3.05) is 5.32 Å². The number of nitrogens with zero attached hydrogens (tertiary/aromatic N) is 4. The van der Waals surface area contributed by atoms with Gasteiger partial charge in [-0.3, -0.25) is 4.79 Å². The van der Waals surface area contributed by atoms with Crippen molar-refractivity contribution in [1.82, 2.24) is 19.7 Å². The van der Waals surface area contributed by atoms with Crippen LogP contribution in [0.15, 0.2) is 11.5 Å². The monoisotopic (exact) mass is 337 g/mol. The molecule has 0 saturated carbocycles. The van der Waals surface area contributed by atoms with E-state index in [0.717, 1.165) is 29.6 Å². The van der Waals surface area contributed by atoms with E-state index >= 15 is 0 Å². The number of hydrogen-bond acceptors (Lipinski definition) is 6. The molecule has 0 spiro atoms. The summed E-state index contributed by atoms with van der Waals surface area (Å²) in [5.74, 6) is -0.0124. The van der Waals surface area contributed by atoms with E-state index in [1.807, 2.05) is 18.5 Å². The zero-order valence-electron chi connectivity index (χ0n) is 12.7. The van der Waals surface area contributed by atoms with E-state index in [2.05, 4.69) is 20.5 Å². The van der Waals surface area contributed by atoms with Crippen molar-refractivity contribution in [2.45, 2.75) is 49.4 Å². The minimum absolute atomic E-state index is 0.0124. The molecule has 0 unspecified atom stereocenters. The van der Waals surface area contributed by atoms with Crippen LogP contribution >= 0.6 is 23.1 Å². The Morgan fingerprint density at radius 1 is 1.50 bits per heavy atom. The van der Waals surface area contributed by atoms with E-state index in [4.69, 9.17) is 0 Å². The minimum atomic E-state index is -0.191. The van der Waals surface area contributed by atoms with E-state index in [9.17, 15) is 4.79 Å². The normalized spacial score (nSPS) is 15.4. The molecule has 22 heavy (non-hydrogen) atoms. The lowest BCUT2D eigenvalue weighted by Gasteiger charge is -2.12. The van der Waals surface area contributed by atoms with Gasteiger partial charge in [0.1, 0.15) is 6.33 Å². The SMILES string of the molecule is CC[C@@H](Sc1nncn1C)C(=O)Nc1nc2c(s1)CCCC2. The average Bonchev–Trinajstić information content (AvgIpc) is 3.10. The second-order valence-electron chi connectivity index (χ2n) is 5.32. The summed E-state index contributed by atoms with van der Waals surface area (Å²) in [7, 11) is 1.88. The molecular formula is C14H19N5OS2. The van der Waals surface area contributed by atoms with Crippen molar-refractivity contribution in [2.24, 2.45) is 7.05 Å². The molecule has 118 valence electrons. The molecule has 0 fully saturated rings. The van der Waals surface area contributed by atoms with Gasteiger partial charge in [-0.25, -0.2) is 4.98 Å². The molecule has 1 N–H and O–H groups in total. The predicted octanol–water partition coefficient (Wildman–Crippen LogP) is 2.66. The number of amides is 1. The molecule has 0 saturated heterocycles. The molecule has 0 aromatic carbocycles. The average molecular weight is 337 g/mol. The number of nitrogens with one attached hydrogen (secondary N) is 1. The quantitative estimate of drug-likeness (QED) is 0.849. The number of carbonyl (C=O) groups excluding carboxylic acids is 1. The number of rotatable bonds is 5. The Morgan fingerprint density at radius 3 is 3.00 bits per heavy atom. The molecule has 6 nitrogen and oxygen atoms in total. The van der Waals surface area contributed by atoms with Gasteiger partial charge in [0.15, 0.2) is 10.3 Å². The Kier molecular flexibility index (Phi) is 4.77. The van der Waals surface area contributed by atoms with E-state index in [1.165, 1.54) is 35.2 Å². The second kappa shape index (κ2) is 6.78. The zero-order chi connectivity index (χ0) is 15.5. The number of fused-ring (bicyclic) bond motifs is 1. The minimum Gasteiger partial charge on any atom is -0.312 e. The van der Waals surface area contributed by atoms with Crippen LogP contribution in [0.2, 0.25) is 0 Å². The first-order valence-corrected chi connectivity index (χ1v) is 9.17. The van der Waals surface area contributed by atoms with Crippen LogP contribution in [0.1, 0.15) is 36.8 Å². The molecule has 1 amide bonds. The zero-order valence-corrected chi connectivity index (χ0v) is 14.3. The Balaban J connectivity index is 1.66. The van der Waals surface area contributed by atoms with E-state index < -0.39 is 0 Å². The largest absolute Gasteiger partial charge is 0.312 e. The number of aromatic nitrogens is 4. The van der Waals surface area contributed by atoms with Crippen molar-refractivity contribution in [3.05, 3.63) is 16.9 Å². The molecule has 1 aliphatic rings. The molecular weight excluding hydrogens is 318 g/mol. The third-order valence-electron chi connectivity index (χ3n) is 3.66. The van der Waals surface area contributed by atoms with Crippen molar-refractivity contribution < 1.29 is 4.79 Å². The van der Waals surface area contributed by atoms with Gasteiger partial charge in [-0.2, -0.15) is 0 Å². The fourth-order valence-electron chi connectivity index (χ4n) is 2.42. The third kappa shape index (κ3) is 3.33. The maximum atomic E-state index is 12.5. The maximum Gasteiger partial charge on any atom is 0.239 e. The molecule has 1 aliphatic carbocycles. The van der Waals surface area contributed by atoms with Crippen molar-refractivity contribution in [3.63, 3.8) is 0 Å². The first-order valence-electron chi connectivity index (χ1n) is 7.47. The molecule has 0 aliphatic heterocycles. The Morgan fingerprint density at radius 2 is 2.32 bits per heavy atom. The summed E-state index contributed by atoms with van der Waals surface area (Å²) in [5.41, 5.74) is 1.17. The Hall–Kier alpha value is -1.41. The fourth-order valence-corrected chi connectivity index (χ4v) is 4.37. The van der Waals surface area contributed by atoms with Crippen LogP contribution in [0.3, 0.4) is 0 Å². The van der Waals surface area contributed by atoms with Gasteiger partial charge in [0.25, 0.3) is 0 Å². The predicted molar refractivity (Wildman–Crippen MR) is 88.3 cm³/mol. The highest BCUT2D eigenvalue weighted by atomic mass is 32.2. The van der Waals surface area contributed by atoms with Gasteiger partial charge in [0.2, 0.25) is 5.91 Å².